The highest BCUT2D eigenvalue weighted by Crippen LogP contribution is 2.43. The average molecular weight is 838 g/mol. The first kappa shape index (κ1) is 57.2. The monoisotopic (exact) mass is 838 g/mol. The SMILES string of the molecule is CCCCCCCC/C=C\CCCCCCCC(=O)OC[C@@H](O)COP(=O)(O)OC[C@H](O)COC(=O)C/C=C/C=C/C=C/C=C/C=C/C=C/CCCCCCCC.N. The van der Waals surface area contributed by atoms with Crippen molar-refractivity contribution in [3.63, 3.8) is 0 Å². The van der Waals surface area contributed by atoms with Crippen LogP contribution in [0.5, 0.6) is 0 Å². The van der Waals surface area contributed by atoms with Crippen molar-refractivity contribution in [3.05, 3.63) is 85.1 Å². The number of carbonyl (C=O) groups excluding carboxylic acids is 2. The van der Waals surface area contributed by atoms with Gasteiger partial charge in [-0.25, -0.2) is 4.57 Å². The molecule has 0 aromatic rings. The van der Waals surface area contributed by atoms with Crippen LogP contribution in [-0.2, 0) is 32.7 Å². The summed E-state index contributed by atoms with van der Waals surface area (Å²) in [5.41, 5.74) is 0. The summed E-state index contributed by atoms with van der Waals surface area (Å²) in [6.45, 7) is 2.36. The molecule has 334 valence electrons. The Morgan fingerprint density at radius 2 is 0.845 bits per heavy atom. The maximum atomic E-state index is 12.1. The van der Waals surface area contributed by atoms with Gasteiger partial charge in [-0.15, -0.1) is 0 Å². The van der Waals surface area contributed by atoms with Crippen molar-refractivity contribution in [1.29, 1.82) is 0 Å². The first-order valence-corrected chi connectivity index (χ1v) is 23.1. The lowest BCUT2D eigenvalue weighted by Crippen LogP contribution is -2.25. The molecule has 0 fully saturated rings. The molecule has 0 aliphatic rings. The van der Waals surface area contributed by atoms with Gasteiger partial charge in [0.2, 0.25) is 0 Å². The summed E-state index contributed by atoms with van der Waals surface area (Å²) < 4.78 is 31.6. The molecule has 0 bridgehead atoms. The number of ether oxygens (including phenoxy) is 2. The molecule has 58 heavy (non-hydrogen) atoms. The van der Waals surface area contributed by atoms with Gasteiger partial charge in [-0.1, -0.05) is 182 Å². The van der Waals surface area contributed by atoms with Crippen molar-refractivity contribution in [2.45, 2.75) is 167 Å². The molecule has 0 heterocycles. The molecule has 0 aromatic carbocycles. The van der Waals surface area contributed by atoms with Crippen LogP contribution in [0.1, 0.15) is 155 Å². The molecule has 0 radical (unpaired) electrons. The first-order valence-electron chi connectivity index (χ1n) is 21.6. The Morgan fingerprint density at radius 3 is 1.31 bits per heavy atom. The summed E-state index contributed by atoms with van der Waals surface area (Å²) in [5.74, 6) is -1.05. The van der Waals surface area contributed by atoms with E-state index in [0.717, 1.165) is 38.5 Å². The van der Waals surface area contributed by atoms with Crippen LogP contribution in [0.25, 0.3) is 0 Å². The van der Waals surface area contributed by atoms with Crippen LogP contribution in [0.3, 0.4) is 0 Å². The van der Waals surface area contributed by atoms with Crippen molar-refractivity contribution in [1.82, 2.24) is 6.15 Å². The van der Waals surface area contributed by atoms with E-state index in [4.69, 9.17) is 18.5 Å². The largest absolute Gasteiger partial charge is 0.472 e. The van der Waals surface area contributed by atoms with Gasteiger partial charge in [0, 0.05) is 6.42 Å². The molecule has 0 aliphatic heterocycles. The minimum absolute atomic E-state index is 0. The molecule has 6 N–H and O–H groups in total. The van der Waals surface area contributed by atoms with Crippen LogP contribution in [0.4, 0.5) is 0 Å². The smallest absolute Gasteiger partial charge is 0.463 e. The van der Waals surface area contributed by atoms with Crippen LogP contribution in [0.2, 0.25) is 0 Å². The molecular weight excluding hydrogens is 757 g/mol. The number of aliphatic hydroxyl groups excluding tert-OH is 2. The number of allylic oxidation sites excluding steroid dienone is 13. The number of hydrogen-bond acceptors (Lipinski definition) is 10. The number of phosphoric ester groups is 1. The maximum Gasteiger partial charge on any atom is 0.472 e. The molecule has 12 heteroatoms. The third kappa shape index (κ3) is 44.2. The van der Waals surface area contributed by atoms with E-state index in [2.05, 4.69) is 38.2 Å². The van der Waals surface area contributed by atoms with Crippen LogP contribution >= 0.6 is 7.82 Å². The van der Waals surface area contributed by atoms with E-state index in [1.807, 2.05) is 42.5 Å². The minimum Gasteiger partial charge on any atom is -0.463 e. The third-order valence-corrected chi connectivity index (χ3v) is 9.61. The number of phosphoric acid groups is 1. The van der Waals surface area contributed by atoms with E-state index in [1.165, 1.54) is 83.5 Å². The Balaban J connectivity index is 0. The van der Waals surface area contributed by atoms with Crippen molar-refractivity contribution in [3.8, 4) is 0 Å². The molecule has 0 rings (SSSR count). The predicted molar refractivity (Wildman–Crippen MR) is 238 cm³/mol. The average Bonchev–Trinajstić information content (AvgIpc) is 3.20. The molecular formula is C46H80NO10P. The van der Waals surface area contributed by atoms with Crippen LogP contribution in [0.15, 0.2) is 85.1 Å². The highest BCUT2D eigenvalue weighted by atomic mass is 31.2. The van der Waals surface area contributed by atoms with Crippen LogP contribution in [-0.4, -0.2) is 65.7 Å². The topological polar surface area (TPSA) is 184 Å². The Labute approximate surface area is 351 Å². The van der Waals surface area contributed by atoms with Gasteiger partial charge in [-0.3, -0.25) is 18.6 Å². The van der Waals surface area contributed by atoms with Gasteiger partial charge in [0.15, 0.2) is 0 Å². The highest BCUT2D eigenvalue weighted by molar-refractivity contribution is 7.47. The van der Waals surface area contributed by atoms with Gasteiger partial charge >= 0.3 is 19.8 Å². The number of hydrogen-bond donors (Lipinski definition) is 4. The fourth-order valence-corrected chi connectivity index (χ4v) is 6.11. The standard InChI is InChI=1S/C46H77O10P.H3N/c1-3-5-7-9-11-13-15-17-19-20-21-22-24-26-28-30-32-34-36-38-46(50)54-40-44(48)42-56-57(51,52)55-41-43(47)39-53-45(49)37-35-33-31-29-27-25-23-18-16-14-12-10-8-6-4-2;/h17-24,26,28,30,32,34,36,43-44,47-48H,3-16,25,27,29,31,33,35,37-42H2,1-2H3,(H,51,52);1H3/b19-17+,21-20+,23-18-,24-22+,28-26+,32-30+,36-34+;/t43-,44-;/m1./s1. The summed E-state index contributed by atoms with van der Waals surface area (Å²) in [5, 5.41) is 20.0. The van der Waals surface area contributed by atoms with Crippen molar-refractivity contribution in [2.24, 2.45) is 0 Å². The van der Waals surface area contributed by atoms with Gasteiger partial charge < -0.3 is 30.7 Å². The summed E-state index contributed by atoms with van der Waals surface area (Å²) in [4.78, 5) is 33.7. The first-order chi connectivity index (χ1) is 27.7. The third-order valence-electron chi connectivity index (χ3n) is 8.66. The lowest BCUT2D eigenvalue weighted by molar-refractivity contribution is -0.147. The summed E-state index contributed by atoms with van der Waals surface area (Å²) >= 11 is 0. The number of aliphatic hydroxyl groups is 2. The molecule has 0 saturated heterocycles. The zero-order valence-corrected chi connectivity index (χ0v) is 36.9. The molecule has 11 nitrogen and oxygen atoms in total. The Kier molecular flexibility index (Phi) is 43.1. The lowest BCUT2D eigenvalue weighted by atomic mass is 10.1. The Hall–Kier alpha value is -2.89. The summed E-state index contributed by atoms with van der Waals surface area (Å²) in [6.07, 6.45) is 48.9. The number of rotatable bonds is 39. The van der Waals surface area contributed by atoms with Crippen molar-refractivity contribution < 1.29 is 47.8 Å². The zero-order chi connectivity index (χ0) is 41.9. The quantitative estimate of drug-likeness (QED) is 0.0152. The summed E-state index contributed by atoms with van der Waals surface area (Å²) in [7, 11) is -4.63. The maximum absolute atomic E-state index is 12.1. The second-order valence-electron chi connectivity index (χ2n) is 14.2. The van der Waals surface area contributed by atoms with Gasteiger partial charge in [0.25, 0.3) is 0 Å². The van der Waals surface area contributed by atoms with Gasteiger partial charge in [-0.2, -0.15) is 0 Å². The molecule has 0 aromatic heterocycles. The van der Waals surface area contributed by atoms with E-state index in [0.29, 0.717) is 6.42 Å². The molecule has 0 spiro atoms. The van der Waals surface area contributed by atoms with E-state index >= 15 is 0 Å². The Morgan fingerprint density at radius 1 is 0.483 bits per heavy atom. The number of unbranched alkanes of at least 4 members (excludes halogenated alkanes) is 17. The Bertz CT molecular complexity index is 1230. The van der Waals surface area contributed by atoms with E-state index in [-0.39, 0.29) is 19.0 Å². The van der Waals surface area contributed by atoms with Crippen LogP contribution < -0.4 is 6.15 Å². The van der Waals surface area contributed by atoms with Crippen LogP contribution in [0, 0.1) is 0 Å². The fourth-order valence-electron chi connectivity index (χ4n) is 5.32. The molecule has 0 saturated carbocycles. The normalized spacial score (nSPS) is 14.4. The number of esters is 2. The zero-order valence-electron chi connectivity index (χ0n) is 36.0. The summed E-state index contributed by atoms with van der Waals surface area (Å²) in [6, 6.07) is 0. The minimum atomic E-state index is -4.63. The van der Waals surface area contributed by atoms with E-state index < -0.39 is 58.4 Å². The van der Waals surface area contributed by atoms with E-state index in [9.17, 15) is 29.3 Å². The molecule has 0 aliphatic carbocycles. The van der Waals surface area contributed by atoms with Crippen molar-refractivity contribution in [2.75, 3.05) is 26.4 Å². The molecule has 1 unspecified atom stereocenters. The molecule has 3 atom stereocenters. The second kappa shape index (κ2) is 43.7. The van der Waals surface area contributed by atoms with Gasteiger partial charge in [0.05, 0.1) is 19.6 Å². The van der Waals surface area contributed by atoms with Gasteiger partial charge in [0.1, 0.15) is 25.4 Å². The highest BCUT2D eigenvalue weighted by Gasteiger charge is 2.25. The number of carbonyl (C=O) groups is 2. The lowest BCUT2D eigenvalue weighted by Gasteiger charge is -2.17. The van der Waals surface area contributed by atoms with Crippen molar-refractivity contribution >= 4 is 19.8 Å². The second-order valence-corrected chi connectivity index (χ2v) is 15.7. The molecule has 0 amide bonds. The fraction of sp³-hybridized carbons (Fsp3) is 0.652. The van der Waals surface area contributed by atoms with Gasteiger partial charge in [-0.05, 0) is 44.9 Å². The predicted octanol–water partition coefficient (Wildman–Crippen LogP) is 11.6. The van der Waals surface area contributed by atoms with E-state index in [1.54, 1.807) is 18.2 Å².